The number of piperidine rings is 1. The Bertz CT molecular complexity index is 733. The van der Waals surface area contributed by atoms with Crippen LogP contribution in [0.3, 0.4) is 0 Å². The fourth-order valence-corrected chi connectivity index (χ4v) is 3.99. The topological polar surface area (TPSA) is 37.4 Å². The summed E-state index contributed by atoms with van der Waals surface area (Å²) in [6.07, 6.45) is 6.38. The van der Waals surface area contributed by atoms with E-state index in [1.54, 1.807) is 12.1 Å². The molecular weight excluding hydrogens is 329 g/mol. The molecule has 0 radical (unpaired) electrons. The summed E-state index contributed by atoms with van der Waals surface area (Å²) in [7, 11) is 0. The first-order chi connectivity index (χ1) is 12.8. The average molecular weight is 355 g/mol. The Hall–Kier alpha value is -2.14. The minimum atomic E-state index is -0.179. The number of hydrogen-bond acceptors (Lipinski definition) is 4. The zero-order valence-corrected chi connectivity index (χ0v) is 15.0. The molecule has 0 bridgehead atoms. The molecule has 0 spiro atoms. The Morgan fingerprint density at radius 3 is 2.96 bits per heavy atom. The highest BCUT2D eigenvalue weighted by molar-refractivity contribution is 5.48. The predicted molar refractivity (Wildman–Crippen MR) is 102 cm³/mol. The first kappa shape index (κ1) is 17.3. The van der Waals surface area contributed by atoms with Gasteiger partial charge in [-0.05, 0) is 61.6 Å². The molecule has 0 aliphatic carbocycles. The Kier molecular flexibility index (Phi) is 5.34. The normalized spacial score (nSPS) is 23.7. The van der Waals surface area contributed by atoms with Crippen molar-refractivity contribution in [1.82, 2.24) is 4.98 Å². The Morgan fingerprint density at radius 1 is 1.15 bits per heavy atom. The number of ether oxygens (including phenoxy) is 1. The van der Waals surface area contributed by atoms with Gasteiger partial charge in [0.1, 0.15) is 11.6 Å². The third-order valence-corrected chi connectivity index (χ3v) is 5.36. The van der Waals surface area contributed by atoms with E-state index in [1.165, 1.54) is 18.1 Å². The third kappa shape index (κ3) is 4.15. The molecular formula is C21H26FN3O. The summed E-state index contributed by atoms with van der Waals surface area (Å²) in [4.78, 5) is 6.76. The summed E-state index contributed by atoms with van der Waals surface area (Å²) in [6.45, 7) is 3.52. The summed E-state index contributed by atoms with van der Waals surface area (Å²) >= 11 is 0. The largest absolute Gasteiger partial charge is 0.381 e. The molecule has 5 heteroatoms. The quantitative estimate of drug-likeness (QED) is 0.892. The number of rotatable bonds is 4. The maximum Gasteiger partial charge on any atom is 0.126 e. The average Bonchev–Trinajstić information content (AvgIpc) is 2.69. The molecule has 0 saturated carbocycles. The first-order valence-corrected chi connectivity index (χ1v) is 9.59. The highest BCUT2D eigenvalue weighted by atomic mass is 19.1. The Balaban J connectivity index is 1.42. The molecule has 138 valence electrons. The van der Waals surface area contributed by atoms with Crippen molar-refractivity contribution < 1.29 is 9.13 Å². The number of pyridine rings is 1. The van der Waals surface area contributed by atoms with Gasteiger partial charge in [-0.3, -0.25) is 0 Å². The lowest BCUT2D eigenvalue weighted by Crippen LogP contribution is -2.42. The Labute approximate surface area is 154 Å². The summed E-state index contributed by atoms with van der Waals surface area (Å²) in [5, 5.41) is 3.59. The molecule has 2 aliphatic heterocycles. The van der Waals surface area contributed by atoms with E-state index in [0.29, 0.717) is 12.0 Å². The number of aromatic nitrogens is 1. The lowest BCUT2D eigenvalue weighted by atomic mass is 9.94. The number of benzene rings is 1. The smallest absolute Gasteiger partial charge is 0.126 e. The highest BCUT2D eigenvalue weighted by Crippen LogP contribution is 2.27. The van der Waals surface area contributed by atoms with Crippen LogP contribution < -0.4 is 10.2 Å². The number of anilines is 2. The van der Waals surface area contributed by atoms with Gasteiger partial charge in [-0.25, -0.2) is 9.37 Å². The van der Waals surface area contributed by atoms with Gasteiger partial charge in [-0.2, -0.15) is 0 Å². The monoisotopic (exact) mass is 355 g/mol. The second kappa shape index (κ2) is 8.04. The van der Waals surface area contributed by atoms with Crippen molar-refractivity contribution in [1.29, 1.82) is 0 Å². The van der Waals surface area contributed by atoms with Crippen LogP contribution in [0, 0.1) is 5.82 Å². The van der Waals surface area contributed by atoms with E-state index in [2.05, 4.69) is 27.3 Å². The number of nitrogens with zero attached hydrogens (tertiary/aromatic N) is 2. The molecule has 4 nitrogen and oxygen atoms in total. The van der Waals surface area contributed by atoms with Crippen LogP contribution in [0.5, 0.6) is 0 Å². The maximum absolute atomic E-state index is 13.5. The SMILES string of the molecule is Fc1cccc(N2CCCC(Nc3cc(C4CCCOC4)ccn3)C2)c1. The summed E-state index contributed by atoms with van der Waals surface area (Å²) < 4.78 is 19.1. The predicted octanol–water partition coefficient (Wildman–Crippen LogP) is 4.20. The lowest BCUT2D eigenvalue weighted by molar-refractivity contribution is 0.0804. The van der Waals surface area contributed by atoms with Gasteiger partial charge in [0.25, 0.3) is 0 Å². The van der Waals surface area contributed by atoms with Gasteiger partial charge in [-0.15, -0.1) is 0 Å². The van der Waals surface area contributed by atoms with E-state index in [1.807, 2.05) is 12.3 Å². The number of hydrogen-bond donors (Lipinski definition) is 1. The Morgan fingerprint density at radius 2 is 2.12 bits per heavy atom. The highest BCUT2D eigenvalue weighted by Gasteiger charge is 2.21. The van der Waals surface area contributed by atoms with Crippen LogP contribution in [0.4, 0.5) is 15.9 Å². The van der Waals surface area contributed by atoms with Crippen LogP contribution in [0.1, 0.15) is 37.2 Å². The number of halogens is 1. The van der Waals surface area contributed by atoms with Gasteiger partial charge in [0, 0.05) is 43.5 Å². The molecule has 1 N–H and O–H groups in total. The van der Waals surface area contributed by atoms with Crippen LogP contribution in [-0.4, -0.2) is 37.3 Å². The van der Waals surface area contributed by atoms with Gasteiger partial charge in [0.15, 0.2) is 0 Å². The summed E-state index contributed by atoms with van der Waals surface area (Å²) in [5.41, 5.74) is 2.26. The third-order valence-electron chi connectivity index (χ3n) is 5.36. The lowest BCUT2D eigenvalue weighted by Gasteiger charge is -2.35. The summed E-state index contributed by atoms with van der Waals surface area (Å²) in [5.74, 6) is 1.23. The molecule has 0 amide bonds. The van der Waals surface area contributed by atoms with Crippen molar-refractivity contribution in [3.63, 3.8) is 0 Å². The van der Waals surface area contributed by atoms with Crippen LogP contribution in [0.15, 0.2) is 42.6 Å². The van der Waals surface area contributed by atoms with E-state index in [4.69, 9.17) is 4.74 Å². The van der Waals surface area contributed by atoms with Gasteiger partial charge in [-0.1, -0.05) is 6.07 Å². The first-order valence-electron chi connectivity index (χ1n) is 9.59. The van der Waals surface area contributed by atoms with E-state index in [-0.39, 0.29) is 5.82 Å². The van der Waals surface area contributed by atoms with Crippen LogP contribution in [0.2, 0.25) is 0 Å². The van der Waals surface area contributed by atoms with E-state index in [9.17, 15) is 4.39 Å². The minimum absolute atomic E-state index is 0.179. The molecule has 1 aromatic carbocycles. The standard InChI is InChI=1S/C21H26FN3O/c22-18-5-1-7-20(13-18)25-10-2-6-19(14-25)24-21-12-16(8-9-23-21)17-4-3-11-26-15-17/h1,5,7-9,12-13,17,19H,2-4,6,10-11,14-15H2,(H,23,24). The molecule has 26 heavy (non-hydrogen) atoms. The fraction of sp³-hybridized carbons (Fsp3) is 0.476. The molecule has 2 saturated heterocycles. The van der Waals surface area contributed by atoms with Gasteiger partial charge >= 0.3 is 0 Å². The van der Waals surface area contributed by atoms with Crippen molar-refractivity contribution in [3.05, 3.63) is 54.0 Å². The molecule has 3 heterocycles. The minimum Gasteiger partial charge on any atom is -0.381 e. The molecule has 4 rings (SSSR count). The molecule has 2 unspecified atom stereocenters. The molecule has 2 aliphatic rings. The van der Waals surface area contributed by atoms with Gasteiger partial charge in [0.05, 0.1) is 6.61 Å². The zero-order chi connectivity index (χ0) is 17.8. The van der Waals surface area contributed by atoms with Crippen LogP contribution >= 0.6 is 0 Å². The van der Waals surface area contributed by atoms with Crippen molar-refractivity contribution >= 4 is 11.5 Å². The second-order valence-electron chi connectivity index (χ2n) is 7.30. The summed E-state index contributed by atoms with van der Waals surface area (Å²) in [6, 6.07) is 11.5. The molecule has 1 aromatic heterocycles. The second-order valence-corrected chi connectivity index (χ2v) is 7.30. The van der Waals surface area contributed by atoms with E-state index < -0.39 is 0 Å². The van der Waals surface area contributed by atoms with Crippen molar-refractivity contribution in [2.75, 3.05) is 36.5 Å². The van der Waals surface area contributed by atoms with E-state index >= 15 is 0 Å². The fourth-order valence-electron chi connectivity index (χ4n) is 3.99. The van der Waals surface area contributed by atoms with Gasteiger partial charge in [0.2, 0.25) is 0 Å². The van der Waals surface area contributed by atoms with Crippen molar-refractivity contribution in [3.8, 4) is 0 Å². The van der Waals surface area contributed by atoms with E-state index in [0.717, 1.165) is 57.1 Å². The maximum atomic E-state index is 13.5. The molecule has 2 fully saturated rings. The van der Waals surface area contributed by atoms with Gasteiger partial charge < -0.3 is 15.0 Å². The van der Waals surface area contributed by atoms with Crippen LogP contribution in [-0.2, 0) is 4.74 Å². The zero-order valence-electron chi connectivity index (χ0n) is 15.0. The van der Waals surface area contributed by atoms with Crippen molar-refractivity contribution in [2.24, 2.45) is 0 Å². The molecule has 2 aromatic rings. The van der Waals surface area contributed by atoms with Crippen molar-refractivity contribution in [2.45, 2.75) is 37.6 Å². The molecule has 2 atom stereocenters. The van der Waals surface area contributed by atoms with Crippen LogP contribution in [0.25, 0.3) is 0 Å². The number of nitrogens with one attached hydrogen (secondary N) is 1.